The van der Waals surface area contributed by atoms with Gasteiger partial charge in [-0.1, -0.05) is 17.4 Å². The fourth-order valence-electron chi connectivity index (χ4n) is 4.19. The second-order valence-electron chi connectivity index (χ2n) is 7.64. The normalized spacial score (nSPS) is 18.7. The molecule has 0 atom stereocenters. The van der Waals surface area contributed by atoms with Crippen molar-refractivity contribution in [3.8, 4) is 10.6 Å². The molecule has 2 aliphatic heterocycles. The number of amides is 1. The molecular formula is C21H24N4OS2. The van der Waals surface area contributed by atoms with Gasteiger partial charge in [0.1, 0.15) is 10.3 Å². The van der Waals surface area contributed by atoms with Gasteiger partial charge in [0.25, 0.3) is 0 Å². The molecule has 0 aromatic carbocycles. The van der Waals surface area contributed by atoms with Crippen LogP contribution in [0.4, 0.5) is 5.13 Å². The first-order chi connectivity index (χ1) is 13.8. The van der Waals surface area contributed by atoms with E-state index >= 15 is 0 Å². The Morgan fingerprint density at radius 3 is 2.57 bits per heavy atom. The zero-order chi connectivity index (χ0) is 18.9. The summed E-state index contributed by atoms with van der Waals surface area (Å²) in [4.78, 5) is 29.0. The third-order valence-electron chi connectivity index (χ3n) is 5.80. The van der Waals surface area contributed by atoms with Gasteiger partial charge in [0, 0.05) is 32.1 Å². The number of thiophene rings is 1. The van der Waals surface area contributed by atoms with E-state index in [1.54, 1.807) is 22.7 Å². The number of anilines is 1. The van der Waals surface area contributed by atoms with Gasteiger partial charge in [-0.3, -0.25) is 4.79 Å². The van der Waals surface area contributed by atoms with Gasteiger partial charge in [-0.25, -0.2) is 9.97 Å². The molecule has 2 fully saturated rings. The van der Waals surface area contributed by atoms with Gasteiger partial charge >= 0.3 is 0 Å². The zero-order valence-electron chi connectivity index (χ0n) is 15.8. The Balaban J connectivity index is 1.27. The predicted octanol–water partition coefficient (Wildman–Crippen LogP) is 4.65. The molecule has 1 amide bonds. The van der Waals surface area contributed by atoms with Crippen molar-refractivity contribution < 1.29 is 4.79 Å². The Kier molecular flexibility index (Phi) is 5.03. The maximum atomic E-state index is 12.8. The quantitative estimate of drug-likeness (QED) is 0.628. The van der Waals surface area contributed by atoms with Crippen molar-refractivity contribution in [2.45, 2.75) is 32.1 Å². The highest BCUT2D eigenvalue weighted by molar-refractivity contribution is 7.21. The standard InChI is InChI=1S/C21H24N4OS2/c26-20(24-10-2-1-3-11-24)15-8-12-25(13-9-15)21-23-17-7-6-16(22-19(17)28-21)18-5-4-14-27-18/h4-7,14-15H,1-3,8-13H2. The zero-order valence-corrected chi connectivity index (χ0v) is 17.5. The molecular weight excluding hydrogens is 388 g/mol. The van der Waals surface area contributed by atoms with E-state index in [-0.39, 0.29) is 5.92 Å². The number of nitrogens with zero attached hydrogens (tertiary/aromatic N) is 4. The van der Waals surface area contributed by atoms with Crippen LogP contribution in [0.5, 0.6) is 0 Å². The average Bonchev–Trinajstić information content (AvgIpc) is 3.43. The van der Waals surface area contributed by atoms with Crippen LogP contribution in [0.2, 0.25) is 0 Å². The summed E-state index contributed by atoms with van der Waals surface area (Å²) in [5.41, 5.74) is 1.98. The highest BCUT2D eigenvalue weighted by atomic mass is 32.1. The number of hydrogen-bond acceptors (Lipinski definition) is 6. The first-order valence-corrected chi connectivity index (χ1v) is 11.8. The second kappa shape index (κ2) is 7.79. The van der Waals surface area contributed by atoms with E-state index in [1.165, 1.54) is 11.3 Å². The van der Waals surface area contributed by atoms with Crippen molar-refractivity contribution in [3.63, 3.8) is 0 Å². The highest BCUT2D eigenvalue weighted by Crippen LogP contribution is 2.33. The summed E-state index contributed by atoms with van der Waals surface area (Å²) in [6.07, 6.45) is 5.45. The van der Waals surface area contributed by atoms with Gasteiger partial charge in [0.15, 0.2) is 5.13 Å². The molecule has 3 aromatic heterocycles. The molecule has 146 valence electrons. The van der Waals surface area contributed by atoms with Crippen molar-refractivity contribution >= 4 is 44.1 Å². The molecule has 0 aliphatic carbocycles. The molecule has 2 aliphatic rings. The molecule has 0 N–H and O–H groups in total. The van der Waals surface area contributed by atoms with E-state index in [9.17, 15) is 4.79 Å². The Hall–Kier alpha value is -1.99. The van der Waals surface area contributed by atoms with Crippen LogP contribution in [0.1, 0.15) is 32.1 Å². The molecule has 5 rings (SSSR count). The van der Waals surface area contributed by atoms with Crippen molar-refractivity contribution in [3.05, 3.63) is 29.6 Å². The third-order valence-corrected chi connectivity index (χ3v) is 7.72. The molecule has 0 bridgehead atoms. The number of carbonyl (C=O) groups excluding carboxylic acids is 1. The van der Waals surface area contributed by atoms with E-state index in [0.29, 0.717) is 5.91 Å². The van der Waals surface area contributed by atoms with Gasteiger partial charge in [0.2, 0.25) is 5.91 Å². The van der Waals surface area contributed by atoms with E-state index in [4.69, 9.17) is 9.97 Å². The van der Waals surface area contributed by atoms with Crippen LogP contribution in [-0.2, 0) is 4.79 Å². The Labute approximate surface area is 173 Å². The molecule has 0 spiro atoms. The van der Waals surface area contributed by atoms with Crippen molar-refractivity contribution in [1.29, 1.82) is 0 Å². The summed E-state index contributed by atoms with van der Waals surface area (Å²) in [6, 6.07) is 8.29. The van der Waals surface area contributed by atoms with Crippen LogP contribution in [0.15, 0.2) is 29.6 Å². The van der Waals surface area contributed by atoms with Crippen molar-refractivity contribution in [2.24, 2.45) is 5.92 Å². The Morgan fingerprint density at radius 2 is 1.82 bits per heavy atom. The number of thiazole rings is 1. The van der Waals surface area contributed by atoms with E-state index in [2.05, 4.69) is 39.4 Å². The SMILES string of the molecule is O=C(C1CCN(c2nc3ccc(-c4cccs4)nc3s2)CC1)N1CCCCC1. The van der Waals surface area contributed by atoms with Gasteiger partial charge in [-0.05, 0) is 55.7 Å². The first kappa shape index (κ1) is 18.1. The minimum absolute atomic E-state index is 0.187. The maximum absolute atomic E-state index is 12.8. The molecule has 28 heavy (non-hydrogen) atoms. The monoisotopic (exact) mass is 412 g/mol. The molecule has 7 heteroatoms. The van der Waals surface area contributed by atoms with Crippen LogP contribution in [0.3, 0.4) is 0 Å². The molecule has 5 nitrogen and oxygen atoms in total. The smallest absolute Gasteiger partial charge is 0.225 e. The largest absolute Gasteiger partial charge is 0.348 e. The molecule has 2 saturated heterocycles. The predicted molar refractivity (Wildman–Crippen MR) is 116 cm³/mol. The highest BCUT2D eigenvalue weighted by Gasteiger charge is 2.30. The number of carbonyl (C=O) groups is 1. The summed E-state index contributed by atoms with van der Waals surface area (Å²) >= 11 is 3.38. The van der Waals surface area contributed by atoms with Crippen LogP contribution in [-0.4, -0.2) is 47.0 Å². The first-order valence-electron chi connectivity index (χ1n) is 10.1. The minimum atomic E-state index is 0.187. The summed E-state index contributed by atoms with van der Waals surface area (Å²) in [5.74, 6) is 0.568. The van der Waals surface area contributed by atoms with Crippen LogP contribution in [0.25, 0.3) is 20.9 Å². The lowest BCUT2D eigenvalue weighted by Crippen LogP contribution is -2.44. The number of piperidine rings is 2. The topological polar surface area (TPSA) is 49.3 Å². The van der Waals surface area contributed by atoms with Gasteiger partial charge in [-0.15, -0.1) is 11.3 Å². The van der Waals surface area contributed by atoms with E-state index in [0.717, 1.165) is 73.0 Å². The van der Waals surface area contributed by atoms with Crippen molar-refractivity contribution in [2.75, 3.05) is 31.1 Å². The van der Waals surface area contributed by atoms with E-state index < -0.39 is 0 Å². The lowest BCUT2D eigenvalue weighted by molar-refractivity contribution is -0.137. The number of hydrogen-bond donors (Lipinski definition) is 0. The van der Waals surface area contributed by atoms with Crippen molar-refractivity contribution in [1.82, 2.24) is 14.9 Å². The minimum Gasteiger partial charge on any atom is -0.348 e. The third kappa shape index (κ3) is 3.53. The number of aromatic nitrogens is 2. The van der Waals surface area contributed by atoms with Crippen LogP contribution in [0, 0.1) is 5.92 Å². The van der Waals surface area contributed by atoms with Crippen LogP contribution >= 0.6 is 22.7 Å². The number of pyridine rings is 1. The second-order valence-corrected chi connectivity index (χ2v) is 9.55. The summed E-state index contributed by atoms with van der Waals surface area (Å²) in [7, 11) is 0. The number of rotatable bonds is 3. The average molecular weight is 413 g/mol. The van der Waals surface area contributed by atoms with Crippen LogP contribution < -0.4 is 4.90 Å². The lowest BCUT2D eigenvalue weighted by atomic mass is 9.94. The molecule has 0 radical (unpaired) electrons. The van der Waals surface area contributed by atoms with E-state index in [1.807, 2.05) is 0 Å². The summed E-state index contributed by atoms with van der Waals surface area (Å²) in [6.45, 7) is 3.72. The maximum Gasteiger partial charge on any atom is 0.225 e. The molecule has 0 saturated carbocycles. The Morgan fingerprint density at radius 1 is 1.00 bits per heavy atom. The Bertz CT molecular complexity index is 954. The molecule has 0 unspecified atom stereocenters. The number of likely N-dealkylation sites (tertiary alicyclic amines) is 1. The molecule has 3 aromatic rings. The number of fused-ring (bicyclic) bond motifs is 1. The summed E-state index contributed by atoms with van der Waals surface area (Å²) in [5, 5.41) is 3.11. The van der Waals surface area contributed by atoms with Gasteiger partial charge < -0.3 is 9.80 Å². The van der Waals surface area contributed by atoms with Gasteiger partial charge in [-0.2, -0.15) is 0 Å². The molecule has 5 heterocycles. The summed E-state index contributed by atoms with van der Waals surface area (Å²) < 4.78 is 0. The van der Waals surface area contributed by atoms with Gasteiger partial charge in [0.05, 0.1) is 10.6 Å². The fourth-order valence-corrected chi connectivity index (χ4v) is 5.88. The fraction of sp³-hybridized carbons (Fsp3) is 0.476. The lowest BCUT2D eigenvalue weighted by Gasteiger charge is -2.35.